The number of rotatable bonds is 5. The second kappa shape index (κ2) is 10.9. The molecular weight excluding hydrogens is 413 g/mol. The van der Waals surface area contributed by atoms with Crippen LogP contribution in [0.15, 0.2) is 29.3 Å². The molecule has 1 aromatic carbocycles. The zero-order valence-electron chi connectivity index (χ0n) is 15.4. The van der Waals surface area contributed by atoms with E-state index in [9.17, 15) is 0 Å². The smallest absolute Gasteiger partial charge is 0.191 e. The topological polar surface area (TPSA) is 42.9 Å². The van der Waals surface area contributed by atoms with Gasteiger partial charge in [0.05, 0.1) is 6.54 Å². The van der Waals surface area contributed by atoms with Crippen molar-refractivity contribution in [3.8, 4) is 0 Å². The minimum Gasteiger partial charge on any atom is -0.357 e. The molecule has 5 nitrogen and oxygen atoms in total. The minimum absolute atomic E-state index is 0. The molecule has 0 aliphatic carbocycles. The lowest BCUT2D eigenvalue weighted by atomic mass is 10.1. The summed E-state index contributed by atoms with van der Waals surface area (Å²) in [5.41, 5.74) is 2.57. The molecule has 1 fully saturated rings. The molecule has 0 spiro atoms. The number of piperazine rings is 1. The Balaban J connectivity index is 0.00000288. The highest BCUT2D eigenvalue weighted by molar-refractivity contribution is 14.0. The van der Waals surface area contributed by atoms with Gasteiger partial charge in [-0.25, -0.2) is 4.99 Å². The van der Waals surface area contributed by atoms with E-state index in [0.29, 0.717) is 12.6 Å². The van der Waals surface area contributed by atoms with Gasteiger partial charge in [-0.2, -0.15) is 0 Å². The van der Waals surface area contributed by atoms with Gasteiger partial charge in [0.1, 0.15) is 0 Å². The average Bonchev–Trinajstić information content (AvgIpc) is 2.54. The predicted octanol–water partition coefficient (Wildman–Crippen LogP) is 1.91. The molecule has 1 heterocycles. The molecule has 0 aromatic heterocycles. The highest BCUT2D eigenvalue weighted by Gasteiger charge is 2.21. The van der Waals surface area contributed by atoms with Crippen molar-refractivity contribution in [3.05, 3.63) is 35.4 Å². The van der Waals surface area contributed by atoms with Crippen LogP contribution in [0.4, 0.5) is 0 Å². The molecule has 24 heavy (non-hydrogen) atoms. The number of aryl methyl sites for hydroxylation is 1. The first-order chi connectivity index (χ1) is 11.1. The SMILES string of the molecule is CCNC(=NCc1ccccc1C)NCC1CN(C)CCN1C.I. The Morgan fingerprint density at radius 2 is 1.96 bits per heavy atom. The van der Waals surface area contributed by atoms with E-state index in [4.69, 9.17) is 4.99 Å². The van der Waals surface area contributed by atoms with Crippen molar-refractivity contribution >= 4 is 29.9 Å². The maximum absolute atomic E-state index is 4.74. The van der Waals surface area contributed by atoms with Gasteiger partial charge in [-0.15, -0.1) is 24.0 Å². The van der Waals surface area contributed by atoms with Crippen molar-refractivity contribution in [1.29, 1.82) is 0 Å². The van der Waals surface area contributed by atoms with Gasteiger partial charge in [-0.3, -0.25) is 4.90 Å². The zero-order valence-corrected chi connectivity index (χ0v) is 17.7. The van der Waals surface area contributed by atoms with Crippen LogP contribution in [0.25, 0.3) is 0 Å². The number of hydrogen-bond donors (Lipinski definition) is 2. The van der Waals surface area contributed by atoms with Crippen LogP contribution in [0.5, 0.6) is 0 Å². The van der Waals surface area contributed by atoms with E-state index < -0.39 is 0 Å². The number of aliphatic imine (C=N–C) groups is 1. The fourth-order valence-electron chi connectivity index (χ4n) is 2.83. The number of halogens is 1. The molecule has 1 aliphatic rings. The Morgan fingerprint density at radius 3 is 2.67 bits per heavy atom. The summed E-state index contributed by atoms with van der Waals surface area (Å²) in [6, 6.07) is 8.95. The molecule has 1 saturated heterocycles. The van der Waals surface area contributed by atoms with Gasteiger partial charge in [-0.1, -0.05) is 24.3 Å². The maximum atomic E-state index is 4.74. The molecule has 0 radical (unpaired) electrons. The van der Waals surface area contributed by atoms with Crippen LogP contribution in [0.2, 0.25) is 0 Å². The molecule has 0 saturated carbocycles. The third kappa shape index (κ3) is 6.57. The van der Waals surface area contributed by atoms with E-state index in [1.807, 2.05) is 0 Å². The van der Waals surface area contributed by atoms with E-state index >= 15 is 0 Å². The molecule has 0 amide bonds. The number of likely N-dealkylation sites (N-methyl/N-ethyl adjacent to an activating group) is 2. The molecule has 6 heteroatoms. The monoisotopic (exact) mass is 445 g/mol. The van der Waals surface area contributed by atoms with E-state index in [1.54, 1.807) is 0 Å². The third-order valence-electron chi connectivity index (χ3n) is 4.50. The second-order valence-corrected chi connectivity index (χ2v) is 6.40. The molecule has 1 aromatic rings. The molecule has 1 aliphatic heterocycles. The lowest BCUT2D eigenvalue weighted by Gasteiger charge is -2.37. The van der Waals surface area contributed by atoms with Gasteiger partial charge < -0.3 is 15.5 Å². The summed E-state index contributed by atoms with van der Waals surface area (Å²) in [5, 5.41) is 6.85. The summed E-state index contributed by atoms with van der Waals surface area (Å²) in [5.74, 6) is 0.900. The summed E-state index contributed by atoms with van der Waals surface area (Å²) < 4.78 is 0. The zero-order chi connectivity index (χ0) is 16.7. The van der Waals surface area contributed by atoms with E-state index in [0.717, 1.165) is 38.7 Å². The van der Waals surface area contributed by atoms with Crippen LogP contribution < -0.4 is 10.6 Å². The minimum atomic E-state index is 0. The summed E-state index contributed by atoms with van der Waals surface area (Å²) in [4.78, 5) is 9.56. The first-order valence-electron chi connectivity index (χ1n) is 8.55. The number of hydrogen-bond acceptors (Lipinski definition) is 3. The molecule has 2 N–H and O–H groups in total. The number of nitrogens with zero attached hydrogens (tertiary/aromatic N) is 3. The largest absolute Gasteiger partial charge is 0.357 e. The van der Waals surface area contributed by atoms with Crippen LogP contribution in [-0.2, 0) is 6.54 Å². The van der Waals surface area contributed by atoms with Gasteiger partial charge in [0, 0.05) is 38.8 Å². The molecule has 136 valence electrons. The Hall–Kier alpha value is -0.860. The lowest BCUT2D eigenvalue weighted by Crippen LogP contribution is -2.55. The quantitative estimate of drug-likeness (QED) is 0.413. The van der Waals surface area contributed by atoms with E-state index in [2.05, 4.69) is 72.6 Å². The van der Waals surface area contributed by atoms with Gasteiger partial charge in [0.2, 0.25) is 0 Å². The van der Waals surface area contributed by atoms with Crippen LogP contribution in [0.1, 0.15) is 18.1 Å². The van der Waals surface area contributed by atoms with Gasteiger partial charge >= 0.3 is 0 Å². The molecule has 1 unspecified atom stereocenters. The highest BCUT2D eigenvalue weighted by atomic mass is 127. The van der Waals surface area contributed by atoms with E-state index in [-0.39, 0.29) is 24.0 Å². The summed E-state index contributed by atoms with van der Waals surface area (Å²) >= 11 is 0. The Morgan fingerprint density at radius 1 is 1.21 bits per heavy atom. The van der Waals surface area contributed by atoms with Crippen molar-refractivity contribution in [3.63, 3.8) is 0 Å². The van der Waals surface area contributed by atoms with Crippen LogP contribution >= 0.6 is 24.0 Å². The summed E-state index contributed by atoms with van der Waals surface area (Å²) in [7, 11) is 4.40. The van der Waals surface area contributed by atoms with Gasteiger partial charge in [0.15, 0.2) is 5.96 Å². The first-order valence-corrected chi connectivity index (χ1v) is 8.55. The summed E-state index contributed by atoms with van der Waals surface area (Å²) in [6.07, 6.45) is 0. The summed E-state index contributed by atoms with van der Waals surface area (Å²) in [6.45, 7) is 10.1. The molecule has 0 bridgehead atoms. The van der Waals surface area contributed by atoms with Gasteiger partial charge in [0.25, 0.3) is 0 Å². The number of guanidine groups is 1. The lowest BCUT2D eigenvalue weighted by molar-refractivity contribution is 0.116. The average molecular weight is 445 g/mol. The van der Waals surface area contributed by atoms with Crippen molar-refractivity contribution in [1.82, 2.24) is 20.4 Å². The van der Waals surface area contributed by atoms with Crippen LogP contribution in [-0.4, -0.2) is 68.6 Å². The molecule has 2 rings (SSSR count). The third-order valence-corrected chi connectivity index (χ3v) is 4.50. The molecule has 1 atom stereocenters. The normalized spacial score (nSPS) is 19.7. The van der Waals surface area contributed by atoms with E-state index in [1.165, 1.54) is 11.1 Å². The van der Waals surface area contributed by atoms with Crippen molar-refractivity contribution in [2.24, 2.45) is 4.99 Å². The second-order valence-electron chi connectivity index (χ2n) is 6.40. The van der Waals surface area contributed by atoms with Crippen molar-refractivity contribution in [2.75, 3.05) is 46.8 Å². The Kier molecular flexibility index (Phi) is 9.61. The van der Waals surface area contributed by atoms with Gasteiger partial charge in [-0.05, 0) is 39.1 Å². The molecular formula is C18H32IN5. The first kappa shape index (κ1) is 21.2. The number of nitrogens with one attached hydrogen (secondary N) is 2. The Bertz CT molecular complexity index is 520. The predicted molar refractivity (Wildman–Crippen MR) is 113 cm³/mol. The fraction of sp³-hybridized carbons (Fsp3) is 0.611. The fourth-order valence-corrected chi connectivity index (χ4v) is 2.83. The maximum Gasteiger partial charge on any atom is 0.191 e. The number of benzene rings is 1. The van der Waals surface area contributed by atoms with Crippen molar-refractivity contribution in [2.45, 2.75) is 26.4 Å². The van der Waals surface area contributed by atoms with Crippen molar-refractivity contribution < 1.29 is 0 Å². The standard InChI is InChI=1S/C18H31N5.HI/c1-5-19-18(20-12-16-9-7-6-8-15(16)2)21-13-17-14-22(3)10-11-23(17)4;/h6-9,17H,5,10-14H2,1-4H3,(H2,19,20,21);1H. The highest BCUT2D eigenvalue weighted by Crippen LogP contribution is 2.08. The Labute approximate surface area is 163 Å². The van der Waals surface area contributed by atoms with Crippen LogP contribution in [0, 0.1) is 6.92 Å². The van der Waals surface area contributed by atoms with Crippen LogP contribution in [0.3, 0.4) is 0 Å².